The first-order valence-electron chi connectivity index (χ1n) is 10.4. The average Bonchev–Trinajstić information content (AvgIpc) is 3.40. The van der Waals surface area contributed by atoms with Crippen molar-refractivity contribution in [1.29, 1.82) is 0 Å². The first-order valence-corrected chi connectivity index (χ1v) is 12.6. The molecule has 0 fully saturated rings. The number of aromatic nitrogens is 1. The molecule has 1 aliphatic rings. The van der Waals surface area contributed by atoms with Crippen LogP contribution in [0.25, 0.3) is 10.9 Å². The fourth-order valence-electron chi connectivity index (χ4n) is 3.81. The van der Waals surface area contributed by atoms with Crippen LogP contribution in [0.2, 0.25) is 10.0 Å². The number of rotatable bonds is 7. The van der Waals surface area contributed by atoms with Crippen molar-refractivity contribution in [1.82, 2.24) is 3.97 Å². The third-order valence-electron chi connectivity index (χ3n) is 5.41. The van der Waals surface area contributed by atoms with Crippen LogP contribution in [0.3, 0.4) is 0 Å². The van der Waals surface area contributed by atoms with E-state index in [4.69, 9.17) is 42.5 Å². The molecule has 1 aliphatic heterocycles. The molecule has 0 saturated heterocycles. The lowest BCUT2D eigenvalue weighted by molar-refractivity contribution is -0.136. The summed E-state index contributed by atoms with van der Waals surface area (Å²) in [6, 6.07) is 13.9. The first kappa shape index (κ1) is 23.3. The van der Waals surface area contributed by atoms with E-state index >= 15 is 0 Å². The molecule has 3 aromatic carbocycles. The zero-order valence-corrected chi connectivity index (χ0v) is 20.2. The molecule has 35 heavy (non-hydrogen) atoms. The zero-order chi connectivity index (χ0) is 24.7. The highest BCUT2D eigenvalue weighted by molar-refractivity contribution is 7.90. The molecule has 1 aromatic heterocycles. The Bertz CT molecular complexity index is 1540. The van der Waals surface area contributed by atoms with Crippen LogP contribution in [0.5, 0.6) is 23.0 Å². The maximum Gasteiger partial charge on any atom is 0.303 e. The minimum Gasteiger partial charge on any atom is -0.481 e. The fourth-order valence-corrected chi connectivity index (χ4v) is 5.70. The van der Waals surface area contributed by atoms with Gasteiger partial charge in [-0.05, 0) is 60.5 Å². The summed E-state index contributed by atoms with van der Waals surface area (Å²) in [7, 11) is -4.03. The monoisotopic (exact) mass is 533 g/mol. The van der Waals surface area contributed by atoms with Crippen LogP contribution in [0.4, 0.5) is 0 Å². The Balaban J connectivity index is 1.51. The zero-order valence-electron chi connectivity index (χ0n) is 17.9. The van der Waals surface area contributed by atoms with E-state index in [9.17, 15) is 13.2 Å². The minimum absolute atomic E-state index is 0.0216. The number of fused-ring (bicyclic) bond motifs is 2. The Hall–Kier alpha value is -3.40. The van der Waals surface area contributed by atoms with Gasteiger partial charge in [0.15, 0.2) is 11.5 Å². The van der Waals surface area contributed by atoms with Gasteiger partial charge in [-0.2, -0.15) is 0 Å². The van der Waals surface area contributed by atoms with Crippen molar-refractivity contribution in [2.75, 3.05) is 6.79 Å². The van der Waals surface area contributed by atoms with Crippen LogP contribution >= 0.6 is 23.2 Å². The molecule has 0 spiro atoms. The van der Waals surface area contributed by atoms with Crippen molar-refractivity contribution < 1.29 is 32.5 Å². The third-order valence-corrected chi connectivity index (χ3v) is 7.53. The van der Waals surface area contributed by atoms with Crippen molar-refractivity contribution in [2.24, 2.45) is 0 Å². The molecule has 4 aromatic rings. The van der Waals surface area contributed by atoms with Crippen LogP contribution in [0, 0.1) is 0 Å². The number of hydrogen-bond acceptors (Lipinski definition) is 6. The summed E-state index contributed by atoms with van der Waals surface area (Å²) < 4.78 is 44.8. The lowest BCUT2D eigenvalue weighted by Gasteiger charge is -2.10. The SMILES string of the molecule is O=C(O)CCc1cn(S(=O)(=O)c2ccc(Oc3cc(Cl)cc(Cl)c3)cc2)c2cc3c(cc12)OCO3. The Morgan fingerprint density at radius 3 is 2.29 bits per heavy atom. The summed E-state index contributed by atoms with van der Waals surface area (Å²) in [5, 5.41) is 10.5. The average molecular weight is 534 g/mol. The van der Waals surface area contributed by atoms with Gasteiger partial charge in [0.25, 0.3) is 10.0 Å². The number of aryl methyl sites for hydroxylation is 1. The second-order valence-corrected chi connectivity index (χ2v) is 10.4. The predicted octanol–water partition coefficient (Wildman–Crippen LogP) is 5.72. The molecule has 8 nitrogen and oxygen atoms in total. The third kappa shape index (κ3) is 4.62. The van der Waals surface area contributed by atoms with Crippen molar-refractivity contribution >= 4 is 50.1 Å². The molecule has 11 heteroatoms. The molecule has 0 saturated carbocycles. The maximum absolute atomic E-state index is 13.6. The van der Waals surface area contributed by atoms with Gasteiger partial charge in [-0.3, -0.25) is 4.79 Å². The Morgan fingerprint density at radius 2 is 1.63 bits per heavy atom. The predicted molar refractivity (Wildman–Crippen MR) is 130 cm³/mol. The van der Waals surface area contributed by atoms with E-state index in [-0.39, 0.29) is 24.5 Å². The smallest absolute Gasteiger partial charge is 0.303 e. The van der Waals surface area contributed by atoms with Crippen LogP contribution in [0.1, 0.15) is 12.0 Å². The van der Waals surface area contributed by atoms with E-state index < -0.39 is 16.0 Å². The van der Waals surface area contributed by atoms with E-state index in [0.717, 1.165) is 3.97 Å². The fraction of sp³-hybridized carbons (Fsp3) is 0.125. The molecule has 0 atom stereocenters. The van der Waals surface area contributed by atoms with E-state index in [1.54, 1.807) is 30.3 Å². The highest BCUT2D eigenvalue weighted by Gasteiger charge is 2.25. The molecular formula is C24H17Cl2NO7S. The summed E-state index contributed by atoms with van der Waals surface area (Å²) in [4.78, 5) is 11.1. The van der Waals surface area contributed by atoms with Crippen LogP contribution < -0.4 is 14.2 Å². The van der Waals surface area contributed by atoms with Crippen molar-refractivity contribution in [3.8, 4) is 23.0 Å². The molecule has 180 valence electrons. The molecule has 0 aliphatic carbocycles. The molecule has 0 amide bonds. The van der Waals surface area contributed by atoms with Crippen LogP contribution in [-0.2, 0) is 21.2 Å². The highest BCUT2D eigenvalue weighted by atomic mass is 35.5. The van der Waals surface area contributed by atoms with Gasteiger partial charge in [0.1, 0.15) is 11.5 Å². The maximum atomic E-state index is 13.6. The van der Waals surface area contributed by atoms with Gasteiger partial charge in [0, 0.05) is 34.1 Å². The van der Waals surface area contributed by atoms with Gasteiger partial charge in [-0.25, -0.2) is 12.4 Å². The quantitative estimate of drug-likeness (QED) is 0.323. The van der Waals surface area contributed by atoms with Crippen molar-refractivity contribution in [3.63, 3.8) is 0 Å². The van der Waals surface area contributed by atoms with E-state index in [1.807, 2.05) is 0 Å². The number of hydrogen-bond donors (Lipinski definition) is 1. The van der Waals surface area contributed by atoms with E-state index in [0.29, 0.717) is 49.5 Å². The lowest BCUT2D eigenvalue weighted by Crippen LogP contribution is -2.11. The molecule has 1 N–H and O–H groups in total. The standard InChI is InChI=1S/C24H17Cl2NO7S/c25-15-7-16(26)9-18(8-15)34-17-2-4-19(5-3-17)35(30,31)27-12-14(1-6-24(28)29)20-10-22-23(11-21(20)27)33-13-32-22/h2-5,7-12H,1,6,13H2,(H,28,29). The van der Waals surface area contributed by atoms with Gasteiger partial charge in [-0.15, -0.1) is 0 Å². The Morgan fingerprint density at radius 1 is 0.971 bits per heavy atom. The van der Waals surface area contributed by atoms with Gasteiger partial charge in [0.2, 0.25) is 6.79 Å². The number of carbonyl (C=O) groups is 1. The molecule has 0 bridgehead atoms. The topological polar surface area (TPSA) is 104 Å². The summed E-state index contributed by atoms with van der Waals surface area (Å²) in [5.74, 6) is 0.720. The number of halogens is 2. The minimum atomic E-state index is -4.03. The number of nitrogens with zero attached hydrogens (tertiary/aromatic N) is 1. The molecule has 0 radical (unpaired) electrons. The number of carboxylic acids is 1. The van der Waals surface area contributed by atoms with Gasteiger partial charge >= 0.3 is 5.97 Å². The molecular weight excluding hydrogens is 517 g/mol. The van der Waals surface area contributed by atoms with Crippen LogP contribution in [0.15, 0.2) is 65.7 Å². The largest absolute Gasteiger partial charge is 0.481 e. The van der Waals surface area contributed by atoms with Gasteiger partial charge in [-0.1, -0.05) is 23.2 Å². The van der Waals surface area contributed by atoms with Crippen LogP contribution in [-0.4, -0.2) is 30.3 Å². The second-order valence-electron chi connectivity index (χ2n) is 7.75. The van der Waals surface area contributed by atoms with E-state index in [1.165, 1.54) is 30.5 Å². The number of ether oxygens (including phenoxy) is 3. The number of benzene rings is 3. The lowest BCUT2D eigenvalue weighted by atomic mass is 10.1. The molecule has 5 rings (SSSR count). The Labute approximate surface area is 210 Å². The summed E-state index contributed by atoms with van der Waals surface area (Å²) in [5.41, 5.74) is 0.936. The summed E-state index contributed by atoms with van der Waals surface area (Å²) >= 11 is 12.0. The Kier molecular flexibility index (Phi) is 6.00. The van der Waals surface area contributed by atoms with E-state index in [2.05, 4.69) is 0 Å². The molecule has 2 heterocycles. The second kappa shape index (κ2) is 8.99. The number of carboxylic acid groups (broad SMARTS) is 1. The number of aliphatic carboxylic acids is 1. The normalized spacial score (nSPS) is 12.7. The first-order chi connectivity index (χ1) is 16.7. The van der Waals surface area contributed by atoms with Crippen molar-refractivity contribution in [3.05, 3.63) is 76.4 Å². The van der Waals surface area contributed by atoms with Gasteiger partial charge < -0.3 is 19.3 Å². The summed E-state index contributed by atoms with van der Waals surface area (Å²) in [6.45, 7) is 0.0262. The highest BCUT2D eigenvalue weighted by Crippen LogP contribution is 2.39. The summed E-state index contributed by atoms with van der Waals surface area (Å²) in [6.07, 6.45) is 1.45. The van der Waals surface area contributed by atoms with Gasteiger partial charge in [0.05, 0.1) is 10.4 Å². The van der Waals surface area contributed by atoms with Crippen molar-refractivity contribution in [2.45, 2.75) is 17.7 Å². The molecule has 0 unspecified atom stereocenters.